The Kier molecular flexibility index (Phi) is 7.91. The molecule has 3 nitrogen and oxygen atoms in total. The summed E-state index contributed by atoms with van der Waals surface area (Å²) in [5, 5.41) is 5.24. The van der Waals surface area contributed by atoms with Gasteiger partial charge in [-0.05, 0) is 54.4 Å². The first-order chi connectivity index (χ1) is 13.2. The van der Waals surface area contributed by atoms with Gasteiger partial charge >= 0.3 is 0 Å². The molecule has 144 valence electrons. The van der Waals surface area contributed by atoms with Crippen molar-refractivity contribution in [2.45, 2.75) is 64.1 Å². The fraction of sp³-hybridized carbons (Fsp3) is 0.455. The summed E-state index contributed by atoms with van der Waals surface area (Å²) in [5.74, 6) is 0. The first kappa shape index (κ1) is 20.1. The number of aromatic nitrogens is 1. The lowest BCUT2D eigenvalue weighted by Gasteiger charge is -2.30. The Bertz CT molecular complexity index is 697. The van der Waals surface area contributed by atoms with Gasteiger partial charge < -0.3 is 10.2 Å². The quantitative estimate of drug-likeness (QED) is 0.648. The maximum atomic E-state index is 6.04. The minimum absolute atomic E-state index is 0.486. The molecule has 1 aromatic carbocycles. The van der Waals surface area contributed by atoms with Crippen LogP contribution in [0.15, 0.2) is 48.8 Å². The molecule has 1 N–H and O–H groups in total. The Morgan fingerprint density at radius 2 is 1.67 bits per heavy atom. The van der Waals surface area contributed by atoms with E-state index in [1.165, 1.54) is 50.5 Å². The highest BCUT2D eigenvalue weighted by Gasteiger charge is 2.17. The van der Waals surface area contributed by atoms with Crippen LogP contribution in [-0.4, -0.2) is 21.0 Å². The molecule has 1 saturated carbocycles. The highest BCUT2D eigenvalue weighted by Crippen LogP contribution is 2.18. The second kappa shape index (κ2) is 10.6. The molecule has 1 heterocycles. The zero-order valence-electron chi connectivity index (χ0n) is 15.7. The number of pyridine rings is 1. The second-order valence-electron chi connectivity index (χ2n) is 7.34. The van der Waals surface area contributed by atoms with Crippen molar-refractivity contribution >= 4 is 28.9 Å². The number of halogens is 1. The SMILES string of the molecule is S=C(NC1CCCCCCC1)N(Cc1ccc(Cl)cc1)Cc1cccnc1. The predicted octanol–water partition coefficient (Wildman–Crippen LogP) is 5.72. The third-order valence-corrected chi connectivity index (χ3v) is 5.73. The van der Waals surface area contributed by atoms with Gasteiger partial charge in [0.2, 0.25) is 0 Å². The monoisotopic (exact) mass is 401 g/mol. The summed E-state index contributed by atoms with van der Waals surface area (Å²) in [6.07, 6.45) is 12.8. The van der Waals surface area contributed by atoms with E-state index in [1.807, 2.05) is 24.4 Å². The Hall–Kier alpha value is -1.65. The fourth-order valence-corrected chi connectivity index (χ4v) is 4.01. The number of hydrogen-bond donors (Lipinski definition) is 1. The summed E-state index contributed by atoms with van der Waals surface area (Å²) in [5.41, 5.74) is 2.36. The van der Waals surface area contributed by atoms with E-state index in [-0.39, 0.29) is 0 Å². The molecular formula is C22H28ClN3S. The second-order valence-corrected chi connectivity index (χ2v) is 8.16. The molecular weight excluding hydrogens is 374 g/mol. The van der Waals surface area contributed by atoms with Crippen LogP contribution in [0.3, 0.4) is 0 Å². The van der Waals surface area contributed by atoms with Gasteiger partial charge in [0, 0.05) is 36.5 Å². The van der Waals surface area contributed by atoms with Crippen LogP contribution in [-0.2, 0) is 13.1 Å². The van der Waals surface area contributed by atoms with Crippen LogP contribution in [0.25, 0.3) is 0 Å². The van der Waals surface area contributed by atoms with E-state index < -0.39 is 0 Å². The molecule has 1 aromatic heterocycles. The molecule has 1 fully saturated rings. The minimum Gasteiger partial charge on any atom is -0.360 e. The molecule has 27 heavy (non-hydrogen) atoms. The van der Waals surface area contributed by atoms with Crippen molar-refractivity contribution in [3.63, 3.8) is 0 Å². The summed E-state index contributed by atoms with van der Waals surface area (Å²) in [7, 11) is 0. The summed E-state index contributed by atoms with van der Waals surface area (Å²) in [6.45, 7) is 1.50. The van der Waals surface area contributed by atoms with E-state index in [0.29, 0.717) is 6.04 Å². The lowest BCUT2D eigenvalue weighted by Crippen LogP contribution is -2.44. The standard InChI is InChI=1S/C22H28ClN3S/c23-20-12-10-18(11-13-20)16-26(17-19-7-6-14-24-15-19)22(27)25-21-8-4-2-1-3-5-9-21/h6-7,10-15,21H,1-5,8-9,16-17H2,(H,25,27). The largest absolute Gasteiger partial charge is 0.360 e. The van der Waals surface area contributed by atoms with Crippen molar-refractivity contribution in [2.75, 3.05) is 0 Å². The maximum absolute atomic E-state index is 6.04. The Balaban J connectivity index is 1.69. The van der Waals surface area contributed by atoms with E-state index in [1.54, 1.807) is 6.20 Å². The van der Waals surface area contributed by atoms with Gasteiger partial charge in [0.15, 0.2) is 5.11 Å². The lowest BCUT2D eigenvalue weighted by atomic mass is 9.97. The fourth-order valence-electron chi connectivity index (χ4n) is 3.59. The summed E-state index contributed by atoms with van der Waals surface area (Å²) < 4.78 is 0. The average Bonchev–Trinajstić information content (AvgIpc) is 2.66. The Labute approximate surface area is 173 Å². The third kappa shape index (κ3) is 6.78. The van der Waals surface area contributed by atoms with Gasteiger partial charge in [0.05, 0.1) is 0 Å². The summed E-state index contributed by atoms with van der Waals surface area (Å²) in [4.78, 5) is 6.48. The van der Waals surface area contributed by atoms with Crippen molar-refractivity contribution in [3.8, 4) is 0 Å². The molecule has 0 atom stereocenters. The van der Waals surface area contributed by atoms with Gasteiger partial charge in [-0.25, -0.2) is 0 Å². The number of benzene rings is 1. The number of nitrogens with zero attached hydrogens (tertiary/aromatic N) is 2. The van der Waals surface area contributed by atoms with Crippen LogP contribution in [0.4, 0.5) is 0 Å². The number of hydrogen-bond acceptors (Lipinski definition) is 2. The van der Waals surface area contributed by atoms with Crippen LogP contribution >= 0.6 is 23.8 Å². The molecule has 0 spiro atoms. The number of thiocarbonyl (C=S) groups is 1. The van der Waals surface area contributed by atoms with Crippen molar-refractivity contribution in [3.05, 3.63) is 64.9 Å². The van der Waals surface area contributed by atoms with Gasteiger partial charge in [-0.3, -0.25) is 4.98 Å². The van der Waals surface area contributed by atoms with Gasteiger partial charge in [-0.2, -0.15) is 0 Å². The van der Waals surface area contributed by atoms with E-state index in [0.717, 1.165) is 28.8 Å². The zero-order valence-corrected chi connectivity index (χ0v) is 17.3. The molecule has 0 amide bonds. The van der Waals surface area contributed by atoms with Crippen molar-refractivity contribution in [2.24, 2.45) is 0 Å². The molecule has 0 aliphatic heterocycles. The summed E-state index contributed by atoms with van der Waals surface area (Å²) >= 11 is 11.9. The molecule has 1 aliphatic carbocycles. The predicted molar refractivity (Wildman–Crippen MR) is 117 cm³/mol. The molecule has 5 heteroatoms. The minimum atomic E-state index is 0.486. The smallest absolute Gasteiger partial charge is 0.169 e. The first-order valence-electron chi connectivity index (χ1n) is 9.89. The van der Waals surface area contributed by atoms with Crippen molar-refractivity contribution < 1.29 is 0 Å². The van der Waals surface area contributed by atoms with E-state index in [9.17, 15) is 0 Å². The van der Waals surface area contributed by atoms with E-state index >= 15 is 0 Å². The first-order valence-corrected chi connectivity index (χ1v) is 10.7. The van der Waals surface area contributed by atoms with Crippen molar-refractivity contribution in [1.29, 1.82) is 0 Å². The van der Waals surface area contributed by atoms with Crippen LogP contribution in [0.5, 0.6) is 0 Å². The van der Waals surface area contributed by atoms with Gasteiger partial charge in [-0.1, -0.05) is 61.9 Å². The molecule has 3 rings (SSSR count). The highest BCUT2D eigenvalue weighted by molar-refractivity contribution is 7.80. The van der Waals surface area contributed by atoms with E-state index in [2.05, 4.69) is 33.4 Å². The van der Waals surface area contributed by atoms with Crippen LogP contribution < -0.4 is 5.32 Å². The maximum Gasteiger partial charge on any atom is 0.169 e. The molecule has 2 aromatic rings. The normalized spacial score (nSPS) is 15.6. The van der Waals surface area contributed by atoms with Crippen LogP contribution in [0, 0.1) is 0 Å². The van der Waals surface area contributed by atoms with Crippen molar-refractivity contribution in [1.82, 2.24) is 15.2 Å². The Morgan fingerprint density at radius 3 is 2.33 bits per heavy atom. The lowest BCUT2D eigenvalue weighted by molar-refractivity contribution is 0.370. The van der Waals surface area contributed by atoms with Crippen LogP contribution in [0.2, 0.25) is 5.02 Å². The van der Waals surface area contributed by atoms with Gasteiger partial charge in [0.25, 0.3) is 0 Å². The summed E-state index contributed by atoms with van der Waals surface area (Å²) in [6, 6.07) is 12.6. The number of rotatable bonds is 5. The molecule has 1 aliphatic rings. The zero-order chi connectivity index (χ0) is 18.9. The molecule has 0 bridgehead atoms. The van der Waals surface area contributed by atoms with Crippen LogP contribution in [0.1, 0.15) is 56.1 Å². The molecule has 0 radical (unpaired) electrons. The topological polar surface area (TPSA) is 28.2 Å². The van der Waals surface area contributed by atoms with Gasteiger partial charge in [0.1, 0.15) is 0 Å². The van der Waals surface area contributed by atoms with Gasteiger partial charge in [-0.15, -0.1) is 0 Å². The molecule has 0 saturated heterocycles. The van der Waals surface area contributed by atoms with E-state index in [4.69, 9.17) is 23.8 Å². The third-order valence-electron chi connectivity index (χ3n) is 5.10. The number of nitrogens with one attached hydrogen (secondary N) is 1. The average molecular weight is 402 g/mol. The molecule has 0 unspecified atom stereocenters. The Morgan fingerprint density at radius 1 is 1.00 bits per heavy atom. The highest BCUT2D eigenvalue weighted by atomic mass is 35.5.